The van der Waals surface area contributed by atoms with Gasteiger partial charge in [-0.25, -0.2) is 4.98 Å². The molecule has 0 amide bonds. The Hall–Kier alpha value is -3.12. The fourth-order valence-electron chi connectivity index (χ4n) is 4.41. The van der Waals surface area contributed by atoms with Gasteiger partial charge in [0.25, 0.3) is 0 Å². The number of aromatic nitrogens is 4. The summed E-state index contributed by atoms with van der Waals surface area (Å²) in [4.78, 5) is 10.5. The van der Waals surface area contributed by atoms with Crippen LogP contribution in [0.15, 0.2) is 66.3 Å². The predicted octanol–water partition coefficient (Wildman–Crippen LogP) is 9.50. The molecule has 0 fully saturated rings. The molecule has 0 aliphatic rings. The third-order valence-electron chi connectivity index (χ3n) is 6.53. The van der Waals surface area contributed by atoms with E-state index in [0.29, 0.717) is 5.92 Å². The van der Waals surface area contributed by atoms with E-state index in [9.17, 15) is 0 Å². The van der Waals surface area contributed by atoms with Gasteiger partial charge in [-0.3, -0.25) is 4.98 Å². The van der Waals surface area contributed by atoms with Crippen LogP contribution in [0.25, 0.3) is 11.2 Å². The van der Waals surface area contributed by atoms with Crippen LogP contribution in [0, 0.1) is 13.8 Å². The molecule has 210 valence electrons. The first kappa shape index (κ1) is 32.1. The molecule has 0 bridgehead atoms. The first-order valence-corrected chi connectivity index (χ1v) is 15.4. The Morgan fingerprint density at radius 2 is 1.74 bits per heavy atom. The molecule has 0 aliphatic carbocycles. The van der Waals surface area contributed by atoms with Gasteiger partial charge in [-0.1, -0.05) is 71.4 Å². The number of benzene rings is 1. The molecule has 39 heavy (non-hydrogen) atoms. The molecule has 0 aliphatic heterocycles. The van der Waals surface area contributed by atoms with Crippen molar-refractivity contribution >= 4 is 28.8 Å². The Labute approximate surface area is 240 Å². The smallest absolute Gasteiger partial charge is 0.160 e. The van der Waals surface area contributed by atoms with E-state index in [0.717, 1.165) is 40.4 Å². The van der Waals surface area contributed by atoms with Crippen LogP contribution in [0.5, 0.6) is 0 Å². The number of fused-ring (bicyclic) bond motifs is 1. The molecule has 3 heterocycles. The monoisotopic (exact) mass is 545 g/mol. The van der Waals surface area contributed by atoms with E-state index in [1.54, 1.807) is 18.0 Å². The Morgan fingerprint density at radius 1 is 1.05 bits per heavy atom. The number of thioether (sulfide) groups is 1. The van der Waals surface area contributed by atoms with E-state index in [1.165, 1.54) is 41.8 Å². The van der Waals surface area contributed by atoms with Crippen molar-refractivity contribution < 1.29 is 0 Å². The first-order chi connectivity index (χ1) is 18.9. The van der Waals surface area contributed by atoms with Crippen LogP contribution in [0.4, 0.5) is 5.82 Å². The second kappa shape index (κ2) is 16.8. The molecule has 1 N–H and O–H groups in total. The molecule has 0 atom stereocenters. The average Bonchev–Trinajstić information content (AvgIpc) is 3.26. The Balaban J connectivity index is 0.000000343. The third kappa shape index (κ3) is 8.96. The number of hydrogen-bond donors (Lipinski definition) is 1. The number of rotatable bonds is 10. The lowest BCUT2D eigenvalue weighted by molar-refractivity contribution is 0.548. The lowest BCUT2D eigenvalue weighted by Crippen LogP contribution is -2.10. The highest BCUT2D eigenvalue weighted by atomic mass is 32.2. The van der Waals surface area contributed by atoms with Crippen LogP contribution in [-0.2, 0) is 6.54 Å². The summed E-state index contributed by atoms with van der Waals surface area (Å²) in [7, 11) is 0. The summed E-state index contributed by atoms with van der Waals surface area (Å²) in [6, 6.07) is 14.6. The van der Waals surface area contributed by atoms with E-state index < -0.39 is 0 Å². The molecule has 0 unspecified atom stereocenters. The molecule has 6 heteroatoms. The van der Waals surface area contributed by atoms with E-state index >= 15 is 0 Å². The number of hydrogen-bond acceptors (Lipinski definition) is 5. The van der Waals surface area contributed by atoms with Gasteiger partial charge in [-0.15, -0.1) is 11.8 Å². The highest BCUT2D eigenvalue weighted by molar-refractivity contribution is 7.98. The molecule has 1 aromatic carbocycles. The summed E-state index contributed by atoms with van der Waals surface area (Å²) in [5.74, 6) is 1.51. The summed E-state index contributed by atoms with van der Waals surface area (Å²) in [5, 5.41) is 8.24. The van der Waals surface area contributed by atoms with Gasteiger partial charge in [0.15, 0.2) is 5.65 Å². The van der Waals surface area contributed by atoms with Gasteiger partial charge in [-0.05, 0) is 68.7 Å². The number of nitrogens with zero attached hydrogens (tertiary/aromatic N) is 4. The summed E-state index contributed by atoms with van der Waals surface area (Å²) in [6.45, 7) is 19.3. The quantitative estimate of drug-likeness (QED) is 0.201. The molecule has 0 saturated carbocycles. The lowest BCUT2D eigenvalue weighted by Gasteiger charge is -2.17. The zero-order valence-corrected chi connectivity index (χ0v) is 26.0. The van der Waals surface area contributed by atoms with Crippen molar-refractivity contribution in [1.82, 2.24) is 19.6 Å². The van der Waals surface area contributed by atoms with Gasteiger partial charge >= 0.3 is 0 Å². The molecular weight excluding hydrogens is 498 g/mol. The Kier molecular flexibility index (Phi) is 13.8. The molecule has 0 spiro atoms. The number of pyridine rings is 1. The second-order valence-corrected chi connectivity index (χ2v) is 10.3. The van der Waals surface area contributed by atoms with Crippen molar-refractivity contribution in [3.8, 4) is 0 Å². The third-order valence-corrected chi connectivity index (χ3v) is 7.33. The predicted molar refractivity (Wildman–Crippen MR) is 171 cm³/mol. The van der Waals surface area contributed by atoms with Crippen LogP contribution < -0.4 is 5.32 Å². The Morgan fingerprint density at radius 3 is 2.31 bits per heavy atom. The highest BCUT2D eigenvalue weighted by Gasteiger charge is 2.17. The van der Waals surface area contributed by atoms with Crippen LogP contribution in [0.2, 0.25) is 0 Å². The standard InChI is InChI=1S/C21H29N5.C10H12S.C2H6/c1-5-8-18(9-6-2)19-12-20(23-14-17-10-7-11-22-13-17)26-21(24-19)15(3)16(4)25-26;1-8(2)9-6-4-5-7-10(9)11-3;1-2/h7,10-13,18,23H,5-6,8-9,14H2,1-4H3;4-7H,1H2,2-3H3;1-2H3. The van der Waals surface area contributed by atoms with Gasteiger partial charge in [0.05, 0.1) is 5.69 Å². The molecular formula is C33H47N5S. The normalized spacial score (nSPS) is 10.5. The van der Waals surface area contributed by atoms with Crippen molar-refractivity contribution in [2.75, 3.05) is 11.6 Å². The van der Waals surface area contributed by atoms with Crippen molar-refractivity contribution in [3.63, 3.8) is 0 Å². The zero-order valence-electron chi connectivity index (χ0n) is 25.2. The van der Waals surface area contributed by atoms with E-state index in [1.807, 2.05) is 50.5 Å². The summed E-state index contributed by atoms with van der Waals surface area (Å²) < 4.78 is 1.94. The number of aryl methyl sites for hydroxylation is 2. The number of nitrogens with one attached hydrogen (secondary N) is 1. The number of anilines is 1. The van der Waals surface area contributed by atoms with Gasteiger partial charge in [0.1, 0.15) is 5.82 Å². The minimum Gasteiger partial charge on any atom is -0.366 e. The fourth-order valence-corrected chi connectivity index (χ4v) is 5.09. The maximum Gasteiger partial charge on any atom is 0.160 e. The maximum atomic E-state index is 5.00. The van der Waals surface area contributed by atoms with Gasteiger partial charge in [-0.2, -0.15) is 9.61 Å². The fraction of sp³-hybridized carbons (Fsp3) is 0.424. The molecule has 5 nitrogen and oxygen atoms in total. The lowest BCUT2D eigenvalue weighted by atomic mass is 9.94. The highest BCUT2D eigenvalue weighted by Crippen LogP contribution is 2.29. The first-order valence-electron chi connectivity index (χ1n) is 14.2. The SMILES string of the molecule is C=C(C)c1ccccc1SC.CC.CCCC(CCC)c1cc(NCc2cccnc2)n2nc(C)c(C)c2n1. The largest absolute Gasteiger partial charge is 0.366 e. The van der Waals surface area contributed by atoms with E-state index in [4.69, 9.17) is 10.1 Å². The summed E-state index contributed by atoms with van der Waals surface area (Å²) >= 11 is 1.76. The van der Waals surface area contributed by atoms with Gasteiger partial charge < -0.3 is 5.32 Å². The summed E-state index contributed by atoms with van der Waals surface area (Å²) in [5.41, 5.74) is 7.88. The minimum atomic E-state index is 0.503. The Bertz CT molecular complexity index is 1290. The average molecular weight is 546 g/mol. The topological polar surface area (TPSA) is 55.1 Å². The van der Waals surface area contributed by atoms with E-state index in [-0.39, 0.29) is 0 Å². The minimum absolute atomic E-state index is 0.503. The van der Waals surface area contributed by atoms with Gasteiger partial charge in [0.2, 0.25) is 0 Å². The van der Waals surface area contributed by atoms with Crippen molar-refractivity contribution in [3.05, 3.63) is 89.5 Å². The maximum absolute atomic E-state index is 5.00. The van der Waals surface area contributed by atoms with Crippen LogP contribution in [-0.4, -0.2) is 25.8 Å². The van der Waals surface area contributed by atoms with Crippen LogP contribution in [0.3, 0.4) is 0 Å². The van der Waals surface area contributed by atoms with Crippen molar-refractivity contribution in [2.45, 2.75) is 91.5 Å². The zero-order chi connectivity index (χ0) is 28.8. The van der Waals surface area contributed by atoms with Crippen LogP contribution in [0.1, 0.15) is 94.3 Å². The van der Waals surface area contributed by atoms with Gasteiger partial charge in [0, 0.05) is 47.1 Å². The van der Waals surface area contributed by atoms with E-state index in [2.05, 4.69) is 74.2 Å². The van der Waals surface area contributed by atoms with Crippen LogP contribution >= 0.6 is 11.8 Å². The molecule has 3 aromatic heterocycles. The second-order valence-electron chi connectivity index (χ2n) is 9.48. The molecule has 4 aromatic rings. The number of allylic oxidation sites excluding steroid dienone is 1. The van der Waals surface area contributed by atoms with Crippen molar-refractivity contribution in [2.24, 2.45) is 0 Å². The van der Waals surface area contributed by atoms with Crippen molar-refractivity contribution in [1.29, 1.82) is 0 Å². The molecule has 0 radical (unpaired) electrons. The molecule has 0 saturated heterocycles. The molecule has 4 rings (SSSR count). The summed E-state index contributed by atoms with van der Waals surface area (Å²) in [6.07, 6.45) is 10.5.